The van der Waals surface area contributed by atoms with E-state index in [2.05, 4.69) is 20.1 Å². The minimum Gasteiger partial charge on any atom is -0.339 e. The predicted octanol–water partition coefficient (Wildman–Crippen LogP) is 4.62. The number of benzene rings is 1. The van der Waals surface area contributed by atoms with Crippen LogP contribution in [0.25, 0.3) is 0 Å². The molecule has 3 aromatic rings. The van der Waals surface area contributed by atoms with Gasteiger partial charge in [-0.05, 0) is 42.2 Å². The number of halogens is 2. The molecule has 1 aliphatic carbocycles. The van der Waals surface area contributed by atoms with Crippen LogP contribution in [0, 0.1) is 0 Å². The second kappa shape index (κ2) is 6.73. The van der Waals surface area contributed by atoms with Crippen molar-refractivity contribution >= 4 is 23.2 Å². The van der Waals surface area contributed by atoms with E-state index in [4.69, 9.17) is 27.7 Å². The lowest BCUT2D eigenvalue weighted by molar-refractivity contribution is 0.364. The molecule has 0 saturated heterocycles. The molecule has 0 aliphatic heterocycles. The van der Waals surface area contributed by atoms with E-state index in [1.54, 1.807) is 18.5 Å². The summed E-state index contributed by atoms with van der Waals surface area (Å²) in [5, 5.41) is 5.64. The van der Waals surface area contributed by atoms with E-state index in [-0.39, 0.29) is 5.41 Å². The molecule has 0 unspecified atom stereocenters. The van der Waals surface area contributed by atoms with Gasteiger partial charge in [-0.3, -0.25) is 0 Å². The first-order valence-electron chi connectivity index (χ1n) is 8.20. The number of hydrogen-bond donors (Lipinski definition) is 0. The van der Waals surface area contributed by atoms with E-state index in [1.165, 1.54) is 6.33 Å². The van der Waals surface area contributed by atoms with Gasteiger partial charge in [0.05, 0.1) is 11.8 Å². The van der Waals surface area contributed by atoms with Crippen molar-refractivity contribution < 1.29 is 4.52 Å². The fourth-order valence-electron chi connectivity index (χ4n) is 3.57. The molecule has 0 spiro atoms. The fraction of sp³-hybridized carbons (Fsp3) is 0.333. The molecule has 128 valence electrons. The van der Waals surface area contributed by atoms with E-state index in [1.807, 2.05) is 12.1 Å². The Kier molecular flexibility index (Phi) is 4.44. The van der Waals surface area contributed by atoms with Crippen LogP contribution < -0.4 is 0 Å². The summed E-state index contributed by atoms with van der Waals surface area (Å²) in [5.41, 5.74) is 1.57. The van der Waals surface area contributed by atoms with E-state index >= 15 is 0 Å². The van der Waals surface area contributed by atoms with E-state index < -0.39 is 0 Å². The zero-order valence-electron chi connectivity index (χ0n) is 13.5. The van der Waals surface area contributed by atoms with Crippen LogP contribution in [0.2, 0.25) is 10.0 Å². The van der Waals surface area contributed by atoms with E-state index in [9.17, 15) is 0 Å². The third-order valence-electron chi connectivity index (χ3n) is 4.77. The monoisotopic (exact) mass is 374 g/mol. The molecule has 2 aromatic heterocycles. The largest absolute Gasteiger partial charge is 0.339 e. The Bertz CT molecular complexity index is 876. The zero-order valence-corrected chi connectivity index (χ0v) is 15.0. The normalized spacial score (nSPS) is 16.2. The van der Waals surface area contributed by atoms with Crippen molar-refractivity contribution in [2.75, 3.05) is 0 Å². The summed E-state index contributed by atoms with van der Waals surface area (Å²) in [4.78, 5) is 12.7. The van der Waals surface area contributed by atoms with Gasteiger partial charge in [0, 0.05) is 22.4 Å². The molecule has 0 bridgehead atoms. The van der Waals surface area contributed by atoms with Crippen molar-refractivity contribution in [1.29, 1.82) is 0 Å². The van der Waals surface area contributed by atoms with Gasteiger partial charge in [-0.2, -0.15) is 4.98 Å². The van der Waals surface area contributed by atoms with Gasteiger partial charge in [-0.25, -0.2) is 9.97 Å². The maximum atomic E-state index is 6.49. The van der Waals surface area contributed by atoms with Gasteiger partial charge >= 0.3 is 0 Å². The molecule has 4 rings (SSSR count). The van der Waals surface area contributed by atoms with Crippen molar-refractivity contribution in [2.45, 2.75) is 37.5 Å². The van der Waals surface area contributed by atoms with Crippen molar-refractivity contribution in [3.8, 4) is 0 Å². The van der Waals surface area contributed by atoms with Gasteiger partial charge < -0.3 is 4.52 Å². The summed E-state index contributed by atoms with van der Waals surface area (Å²) in [7, 11) is 0. The van der Waals surface area contributed by atoms with Crippen molar-refractivity contribution in [3.63, 3.8) is 0 Å². The maximum Gasteiger partial charge on any atom is 0.231 e. The third-order valence-corrected chi connectivity index (χ3v) is 5.33. The lowest BCUT2D eigenvalue weighted by Gasteiger charge is -2.27. The first-order chi connectivity index (χ1) is 12.2. The highest BCUT2D eigenvalue weighted by Crippen LogP contribution is 2.48. The van der Waals surface area contributed by atoms with Gasteiger partial charge in [0.25, 0.3) is 0 Å². The molecule has 1 saturated carbocycles. The average Bonchev–Trinajstić information content (AvgIpc) is 3.28. The summed E-state index contributed by atoms with van der Waals surface area (Å²) in [6.45, 7) is 0. The van der Waals surface area contributed by atoms with Crippen molar-refractivity contribution in [1.82, 2.24) is 20.1 Å². The second-order valence-corrected chi connectivity index (χ2v) is 7.19. The highest BCUT2D eigenvalue weighted by Gasteiger charge is 2.43. The zero-order chi connectivity index (χ0) is 17.3. The van der Waals surface area contributed by atoms with Crippen LogP contribution in [0.3, 0.4) is 0 Å². The quantitative estimate of drug-likeness (QED) is 0.666. The van der Waals surface area contributed by atoms with Crippen LogP contribution >= 0.6 is 23.2 Å². The minimum absolute atomic E-state index is 0.336. The Labute approximate surface area is 155 Å². The second-order valence-electron chi connectivity index (χ2n) is 6.35. The summed E-state index contributed by atoms with van der Waals surface area (Å²) < 4.78 is 5.50. The van der Waals surface area contributed by atoms with Crippen LogP contribution in [0.5, 0.6) is 0 Å². The average molecular weight is 375 g/mol. The first kappa shape index (κ1) is 16.5. The number of aromatic nitrogens is 4. The van der Waals surface area contributed by atoms with Crippen LogP contribution in [0.15, 0.2) is 41.4 Å². The molecule has 25 heavy (non-hydrogen) atoms. The Morgan fingerprint density at radius 3 is 2.60 bits per heavy atom. The lowest BCUT2D eigenvalue weighted by atomic mass is 9.78. The molecule has 1 aromatic carbocycles. The van der Waals surface area contributed by atoms with E-state index in [0.29, 0.717) is 28.2 Å². The highest BCUT2D eigenvalue weighted by atomic mass is 35.5. The number of nitrogens with zero attached hydrogens (tertiary/aromatic N) is 4. The van der Waals surface area contributed by atoms with Crippen LogP contribution in [0.4, 0.5) is 0 Å². The molecule has 2 heterocycles. The fourth-order valence-corrected chi connectivity index (χ4v) is 4.04. The van der Waals surface area contributed by atoms with Crippen LogP contribution in [-0.4, -0.2) is 20.1 Å². The highest BCUT2D eigenvalue weighted by molar-refractivity contribution is 6.33. The van der Waals surface area contributed by atoms with Crippen molar-refractivity contribution in [3.05, 3.63) is 69.8 Å². The molecule has 0 atom stereocenters. The molecule has 5 nitrogen and oxygen atoms in total. The summed E-state index contributed by atoms with van der Waals surface area (Å²) in [5.74, 6) is 1.23. The summed E-state index contributed by atoms with van der Waals surface area (Å²) >= 11 is 12.7. The maximum absolute atomic E-state index is 6.49. The van der Waals surface area contributed by atoms with Gasteiger partial charge in [-0.1, -0.05) is 41.2 Å². The lowest BCUT2D eigenvalue weighted by Crippen LogP contribution is -2.26. The van der Waals surface area contributed by atoms with Crippen molar-refractivity contribution in [2.24, 2.45) is 0 Å². The topological polar surface area (TPSA) is 64.7 Å². The van der Waals surface area contributed by atoms with E-state index in [0.717, 1.165) is 36.8 Å². The molecular formula is C18H16Cl2N4O. The predicted molar refractivity (Wildman–Crippen MR) is 94.8 cm³/mol. The molecule has 0 amide bonds. The molecule has 1 fully saturated rings. The SMILES string of the molecule is Clc1ccc(Cl)c(C2(c3noc(Cc4cncnc4)n3)CCCC2)c1. The van der Waals surface area contributed by atoms with Crippen LogP contribution in [0.1, 0.15) is 48.5 Å². The smallest absolute Gasteiger partial charge is 0.231 e. The Hall–Kier alpha value is -1.98. The Balaban J connectivity index is 1.71. The van der Waals surface area contributed by atoms with Gasteiger partial charge in [-0.15, -0.1) is 0 Å². The minimum atomic E-state index is -0.336. The standard InChI is InChI=1S/C18H16Cl2N4O/c19-13-3-4-15(20)14(8-13)18(5-1-2-6-18)17-23-16(25-24-17)7-12-9-21-11-22-10-12/h3-4,8-11H,1-2,5-7H2. The number of hydrogen-bond acceptors (Lipinski definition) is 5. The van der Waals surface area contributed by atoms with Gasteiger partial charge in [0.2, 0.25) is 5.89 Å². The third kappa shape index (κ3) is 3.14. The van der Waals surface area contributed by atoms with Gasteiger partial charge in [0.15, 0.2) is 5.82 Å². The molecule has 1 aliphatic rings. The molecule has 7 heteroatoms. The molecular weight excluding hydrogens is 359 g/mol. The number of rotatable bonds is 4. The molecule has 0 N–H and O–H groups in total. The Morgan fingerprint density at radius 2 is 1.84 bits per heavy atom. The van der Waals surface area contributed by atoms with Crippen LogP contribution in [-0.2, 0) is 11.8 Å². The Morgan fingerprint density at radius 1 is 1.08 bits per heavy atom. The van der Waals surface area contributed by atoms with Gasteiger partial charge in [0.1, 0.15) is 6.33 Å². The molecule has 0 radical (unpaired) electrons. The summed E-state index contributed by atoms with van der Waals surface area (Å²) in [6, 6.07) is 5.56. The summed E-state index contributed by atoms with van der Waals surface area (Å²) in [6.07, 6.45) is 9.55. The first-order valence-corrected chi connectivity index (χ1v) is 8.95.